The molecule has 0 spiro atoms. The summed E-state index contributed by atoms with van der Waals surface area (Å²) in [6.07, 6.45) is 0.654. The van der Waals surface area contributed by atoms with Gasteiger partial charge in [0.15, 0.2) is 0 Å². The Balaban J connectivity index is 1.98. The van der Waals surface area contributed by atoms with Crippen molar-refractivity contribution in [3.8, 4) is 0 Å². The summed E-state index contributed by atoms with van der Waals surface area (Å²) in [6.45, 7) is 14.2. The number of hydrogen-bond donors (Lipinski definition) is 2. The van der Waals surface area contributed by atoms with Gasteiger partial charge in [-0.2, -0.15) is 0 Å². The Morgan fingerprint density at radius 3 is 1.88 bits per heavy atom. The van der Waals surface area contributed by atoms with Gasteiger partial charge in [0.2, 0.25) is 0 Å². The molecule has 0 amide bonds. The highest BCUT2D eigenvalue weighted by molar-refractivity contribution is 5.69. The van der Waals surface area contributed by atoms with E-state index in [1.54, 1.807) is 6.08 Å². The first kappa shape index (κ1) is 38.8. The van der Waals surface area contributed by atoms with Crippen molar-refractivity contribution < 1.29 is 57.9 Å². The second-order valence-electron chi connectivity index (χ2n) is 15.8. The number of aliphatic hydroxyl groups is 2. The van der Waals surface area contributed by atoms with E-state index in [-0.39, 0.29) is 24.7 Å². The lowest BCUT2D eigenvalue weighted by molar-refractivity contribution is -0.315. The Kier molecular flexibility index (Phi) is 11.3. The highest BCUT2D eigenvalue weighted by Gasteiger charge is 2.79. The molecule has 12 heteroatoms. The molecule has 0 heterocycles. The van der Waals surface area contributed by atoms with Crippen LogP contribution in [0.5, 0.6) is 0 Å². The normalized spacial score (nSPS) is 38.6. The van der Waals surface area contributed by atoms with E-state index >= 15 is 0 Å². The van der Waals surface area contributed by atoms with Crippen molar-refractivity contribution in [2.24, 2.45) is 34.5 Å². The van der Waals surface area contributed by atoms with Crippen LogP contribution in [0.2, 0.25) is 0 Å². The molecule has 0 radical (unpaired) electrons. The summed E-state index contributed by atoms with van der Waals surface area (Å²) in [5.41, 5.74) is -6.43. The van der Waals surface area contributed by atoms with E-state index in [1.165, 1.54) is 34.6 Å². The Bertz CT molecular complexity index is 1340. The highest BCUT2D eigenvalue weighted by atomic mass is 16.6. The zero-order valence-corrected chi connectivity index (χ0v) is 30.5. The van der Waals surface area contributed by atoms with Gasteiger partial charge in [0.1, 0.15) is 42.2 Å². The van der Waals surface area contributed by atoms with E-state index in [1.807, 2.05) is 0 Å². The van der Waals surface area contributed by atoms with Gasteiger partial charge in [-0.25, -0.2) is 0 Å². The van der Waals surface area contributed by atoms with Gasteiger partial charge in [0, 0.05) is 47.5 Å². The Hall–Kier alpha value is -2.99. The maximum atomic E-state index is 13.5. The molecule has 276 valence electrons. The lowest BCUT2D eigenvalue weighted by Gasteiger charge is -2.68. The van der Waals surface area contributed by atoms with Crippen molar-refractivity contribution >= 4 is 29.8 Å². The molecule has 11 atom stereocenters. The number of hydrogen-bond acceptors (Lipinski definition) is 12. The van der Waals surface area contributed by atoms with Crippen LogP contribution < -0.4 is 0 Å². The van der Waals surface area contributed by atoms with E-state index in [4.69, 9.17) is 23.7 Å². The predicted molar refractivity (Wildman–Crippen MR) is 175 cm³/mol. The number of fused-ring (bicyclic) bond motifs is 5. The number of carbonyl (C=O) groups excluding carboxylic acids is 5. The first-order valence-electron chi connectivity index (χ1n) is 17.7. The van der Waals surface area contributed by atoms with Gasteiger partial charge in [0.05, 0.1) is 5.41 Å². The molecule has 0 aromatic carbocycles. The maximum Gasteiger partial charge on any atom is 0.303 e. The molecule has 4 aliphatic rings. The lowest BCUT2D eigenvalue weighted by atomic mass is 9.41. The van der Waals surface area contributed by atoms with Gasteiger partial charge < -0.3 is 33.9 Å². The molecule has 3 fully saturated rings. The van der Waals surface area contributed by atoms with E-state index in [2.05, 4.69) is 27.7 Å². The van der Waals surface area contributed by atoms with Crippen molar-refractivity contribution in [2.75, 3.05) is 6.61 Å². The molecule has 0 aromatic rings. The molecule has 0 aliphatic heterocycles. The van der Waals surface area contributed by atoms with E-state index in [0.29, 0.717) is 23.8 Å². The fraction of sp³-hybridized carbons (Fsp3) is 0.811. The van der Waals surface area contributed by atoms with Crippen molar-refractivity contribution in [1.82, 2.24) is 0 Å². The molecule has 3 saturated carbocycles. The summed E-state index contributed by atoms with van der Waals surface area (Å²) in [6, 6.07) is 0. The molecule has 49 heavy (non-hydrogen) atoms. The largest absolute Gasteiger partial charge is 0.465 e. The highest BCUT2D eigenvalue weighted by Crippen LogP contribution is 2.70. The predicted octanol–water partition coefficient (Wildman–Crippen LogP) is 4.36. The van der Waals surface area contributed by atoms with Crippen LogP contribution in [0.4, 0.5) is 0 Å². The Morgan fingerprint density at radius 2 is 1.35 bits per heavy atom. The molecule has 11 unspecified atom stereocenters. The lowest BCUT2D eigenvalue weighted by Crippen LogP contribution is -2.80. The fourth-order valence-corrected chi connectivity index (χ4v) is 10.2. The fourth-order valence-electron chi connectivity index (χ4n) is 10.2. The average Bonchev–Trinajstić information content (AvgIpc) is 3.29. The van der Waals surface area contributed by atoms with Crippen molar-refractivity contribution in [2.45, 2.75) is 149 Å². The van der Waals surface area contributed by atoms with Gasteiger partial charge in [-0.3, -0.25) is 24.0 Å². The molecular formula is C37H56O12. The van der Waals surface area contributed by atoms with Crippen LogP contribution in [0.3, 0.4) is 0 Å². The zero-order valence-electron chi connectivity index (χ0n) is 30.5. The van der Waals surface area contributed by atoms with E-state index in [0.717, 1.165) is 25.7 Å². The smallest absolute Gasteiger partial charge is 0.303 e. The second-order valence-corrected chi connectivity index (χ2v) is 15.8. The van der Waals surface area contributed by atoms with Gasteiger partial charge in [0.25, 0.3) is 0 Å². The quantitative estimate of drug-likeness (QED) is 0.178. The third-order valence-corrected chi connectivity index (χ3v) is 12.0. The van der Waals surface area contributed by atoms with E-state index < -0.39 is 89.3 Å². The first-order valence-corrected chi connectivity index (χ1v) is 17.7. The third kappa shape index (κ3) is 7.01. The van der Waals surface area contributed by atoms with Gasteiger partial charge in [-0.1, -0.05) is 47.0 Å². The second kappa shape index (κ2) is 14.3. The molecule has 4 rings (SSSR count). The van der Waals surface area contributed by atoms with Crippen molar-refractivity contribution in [3.05, 3.63) is 11.6 Å². The third-order valence-electron chi connectivity index (χ3n) is 12.0. The van der Waals surface area contributed by atoms with Crippen LogP contribution in [-0.2, 0) is 47.7 Å². The molecular weight excluding hydrogens is 636 g/mol. The number of carbonyl (C=O) groups is 5. The van der Waals surface area contributed by atoms with E-state index in [9.17, 15) is 34.2 Å². The van der Waals surface area contributed by atoms with Crippen LogP contribution in [0.1, 0.15) is 114 Å². The van der Waals surface area contributed by atoms with Crippen LogP contribution >= 0.6 is 0 Å². The molecule has 0 bridgehead atoms. The van der Waals surface area contributed by atoms with Crippen molar-refractivity contribution in [3.63, 3.8) is 0 Å². The number of ether oxygens (including phenoxy) is 5. The molecule has 2 N–H and O–H groups in total. The summed E-state index contributed by atoms with van der Waals surface area (Å²) >= 11 is 0. The van der Waals surface area contributed by atoms with Crippen molar-refractivity contribution in [1.29, 1.82) is 0 Å². The number of rotatable bonds is 11. The molecule has 0 aromatic heterocycles. The molecule has 4 aliphatic carbocycles. The minimum atomic E-state index is -2.25. The summed E-state index contributed by atoms with van der Waals surface area (Å²) in [5.74, 6) is -2.66. The Labute approximate surface area is 289 Å². The molecule has 12 nitrogen and oxygen atoms in total. The molecule has 0 saturated heterocycles. The summed E-state index contributed by atoms with van der Waals surface area (Å²) in [4.78, 5) is 62.7. The van der Waals surface area contributed by atoms with Crippen LogP contribution in [-0.4, -0.2) is 82.3 Å². The summed E-state index contributed by atoms with van der Waals surface area (Å²) in [5, 5.41) is 26.5. The monoisotopic (exact) mass is 692 g/mol. The van der Waals surface area contributed by atoms with Crippen LogP contribution in [0.15, 0.2) is 11.6 Å². The minimum absolute atomic E-state index is 0.207. The van der Waals surface area contributed by atoms with Gasteiger partial charge >= 0.3 is 29.8 Å². The van der Waals surface area contributed by atoms with Gasteiger partial charge in [-0.15, -0.1) is 0 Å². The first-order chi connectivity index (χ1) is 22.7. The maximum absolute atomic E-state index is 13.5. The minimum Gasteiger partial charge on any atom is -0.465 e. The zero-order chi connectivity index (χ0) is 36.7. The summed E-state index contributed by atoms with van der Waals surface area (Å²) in [7, 11) is 0. The summed E-state index contributed by atoms with van der Waals surface area (Å²) < 4.78 is 28.8. The standard InChI is InChI=1S/C37H56O12/c1-20(2)11-10-12-21(3)27-13-14-28-29-15-32(48-25(7)41)36(43)17-31(47-24(6)40)30(46-23(5)39)16-35(36,19-45-22(4)38)37(29,44)33(49-26(8)42)18-34(27,28)9/h15,20-21,27-28,30-33,43-44H,10-14,16-19H2,1-9H3. The Morgan fingerprint density at radius 1 is 0.776 bits per heavy atom. The average molecular weight is 693 g/mol. The topological polar surface area (TPSA) is 172 Å². The van der Waals surface area contributed by atoms with Crippen LogP contribution in [0.25, 0.3) is 0 Å². The van der Waals surface area contributed by atoms with Gasteiger partial charge in [-0.05, 0) is 60.0 Å². The van der Waals surface area contributed by atoms with Crippen LogP contribution in [0, 0.1) is 34.5 Å². The number of esters is 5. The SMILES string of the molecule is CC(=O)OCC12CC(OC(C)=O)C(OC(C)=O)CC1(O)C(OC(C)=O)C=C1C3CCC(C(C)CCCC(C)C)C3(C)CC(OC(C)=O)C12O.